The Hall–Kier alpha value is -2.34. The third-order valence-electron chi connectivity index (χ3n) is 5.22. The van der Waals surface area contributed by atoms with Crippen molar-refractivity contribution < 1.29 is 4.39 Å². The van der Waals surface area contributed by atoms with Gasteiger partial charge in [0, 0.05) is 13.1 Å². The molecule has 0 unspecified atom stereocenters. The van der Waals surface area contributed by atoms with Gasteiger partial charge in [-0.1, -0.05) is 38.1 Å². The van der Waals surface area contributed by atoms with Crippen LogP contribution in [0.1, 0.15) is 43.4 Å². The first-order valence-corrected chi connectivity index (χ1v) is 9.57. The average Bonchev–Trinajstić information content (AvgIpc) is 2.63. The summed E-state index contributed by atoms with van der Waals surface area (Å²) in [7, 11) is 0. The van der Waals surface area contributed by atoms with Crippen LogP contribution in [-0.4, -0.2) is 13.1 Å². The van der Waals surface area contributed by atoms with Crippen LogP contribution in [0.4, 0.5) is 10.1 Å². The molecule has 2 aromatic carbocycles. The Morgan fingerprint density at radius 3 is 2.31 bits per heavy atom. The van der Waals surface area contributed by atoms with E-state index in [9.17, 15) is 4.39 Å². The SMILES string of the molecule is CC(C)Cc1ccc(CC2CCN(c3ccc(C#N)cc3F)CC2)cc1. The summed E-state index contributed by atoms with van der Waals surface area (Å²) in [4.78, 5) is 2.11. The number of hydrogen-bond donors (Lipinski definition) is 0. The quantitative estimate of drug-likeness (QED) is 0.726. The second kappa shape index (κ2) is 8.36. The first-order valence-electron chi connectivity index (χ1n) is 9.57. The van der Waals surface area contributed by atoms with Crippen molar-refractivity contribution in [2.75, 3.05) is 18.0 Å². The molecule has 3 rings (SSSR count). The van der Waals surface area contributed by atoms with Gasteiger partial charge in [-0.3, -0.25) is 0 Å². The van der Waals surface area contributed by atoms with Gasteiger partial charge in [-0.05, 0) is 66.8 Å². The number of nitriles is 1. The lowest BCUT2D eigenvalue weighted by Gasteiger charge is -2.34. The fourth-order valence-electron chi connectivity index (χ4n) is 3.83. The topological polar surface area (TPSA) is 27.0 Å². The van der Waals surface area contributed by atoms with E-state index in [2.05, 4.69) is 43.0 Å². The maximum absolute atomic E-state index is 14.2. The Balaban J connectivity index is 1.55. The van der Waals surface area contributed by atoms with Gasteiger partial charge in [-0.25, -0.2) is 4.39 Å². The van der Waals surface area contributed by atoms with E-state index < -0.39 is 0 Å². The van der Waals surface area contributed by atoms with Crippen LogP contribution < -0.4 is 4.90 Å². The number of piperidine rings is 1. The number of hydrogen-bond acceptors (Lipinski definition) is 2. The summed E-state index contributed by atoms with van der Waals surface area (Å²) in [6.07, 6.45) is 4.39. The Morgan fingerprint density at radius 2 is 1.73 bits per heavy atom. The lowest BCUT2D eigenvalue weighted by molar-refractivity contribution is 0.401. The van der Waals surface area contributed by atoms with Crippen LogP contribution in [-0.2, 0) is 12.8 Å². The zero-order valence-electron chi connectivity index (χ0n) is 15.7. The number of benzene rings is 2. The molecule has 0 aromatic heterocycles. The molecule has 0 amide bonds. The molecule has 1 heterocycles. The van der Waals surface area contributed by atoms with Crippen molar-refractivity contribution in [1.29, 1.82) is 5.26 Å². The molecule has 0 radical (unpaired) electrons. The highest BCUT2D eigenvalue weighted by molar-refractivity contribution is 5.51. The zero-order valence-corrected chi connectivity index (χ0v) is 15.7. The highest BCUT2D eigenvalue weighted by atomic mass is 19.1. The molecule has 2 nitrogen and oxygen atoms in total. The molecule has 0 spiro atoms. The first kappa shape index (κ1) is 18.5. The van der Waals surface area contributed by atoms with Crippen LogP contribution in [0.15, 0.2) is 42.5 Å². The maximum Gasteiger partial charge on any atom is 0.147 e. The lowest BCUT2D eigenvalue weighted by Crippen LogP contribution is -2.34. The number of nitrogens with zero attached hydrogens (tertiary/aromatic N) is 2. The van der Waals surface area contributed by atoms with Gasteiger partial charge in [0.25, 0.3) is 0 Å². The number of halogens is 1. The van der Waals surface area contributed by atoms with Gasteiger partial charge in [-0.2, -0.15) is 5.26 Å². The van der Waals surface area contributed by atoms with Crippen molar-refractivity contribution in [1.82, 2.24) is 0 Å². The number of anilines is 1. The summed E-state index contributed by atoms with van der Waals surface area (Å²) >= 11 is 0. The van der Waals surface area contributed by atoms with Crippen molar-refractivity contribution in [2.24, 2.45) is 11.8 Å². The molecule has 0 N–H and O–H groups in total. The predicted molar refractivity (Wildman–Crippen MR) is 105 cm³/mol. The van der Waals surface area contributed by atoms with E-state index in [0.29, 0.717) is 23.1 Å². The first-order chi connectivity index (χ1) is 12.5. The lowest BCUT2D eigenvalue weighted by atomic mass is 9.89. The Labute approximate surface area is 156 Å². The van der Waals surface area contributed by atoms with Crippen LogP contribution >= 0.6 is 0 Å². The molecule has 136 valence electrons. The molecule has 0 bridgehead atoms. The molecule has 0 aliphatic carbocycles. The fraction of sp³-hybridized carbons (Fsp3) is 0.435. The van der Waals surface area contributed by atoms with Crippen LogP contribution in [0.5, 0.6) is 0 Å². The molecule has 0 atom stereocenters. The minimum absolute atomic E-state index is 0.289. The van der Waals surface area contributed by atoms with Gasteiger partial charge in [0.1, 0.15) is 5.82 Å². The standard InChI is InChI=1S/C23H27FN2/c1-17(2)13-18-3-5-19(6-4-18)14-20-9-11-26(12-10-20)23-8-7-21(16-25)15-22(23)24/h3-8,15,17,20H,9-14H2,1-2H3. The van der Waals surface area contributed by atoms with Gasteiger partial charge in [-0.15, -0.1) is 0 Å². The molecule has 3 heteroatoms. The maximum atomic E-state index is 14.2. The summed E-state index contributed by atoms with van der Waals surface area (Å²) in [5.41, 5.74) is 3.82. The smallest absolute Gasteiger partial charge is 0.147 e. The summed E-state index contributed by atoms with van der Waals surface area (Å²) in [6.45, 7) is 6.24. The largest absolute Gasteiger partial charge is 0.369 e. The van der Waals surface area contributed by atoms with Crippen molar-refractivity contribution in [2.45, 2.75) is 39.5 Å². The third kappa shape index (κ3) is 4.64. The highest BCUT2D eigenvalue weighted by Crippen LogP contribution is 2.28. The molecular formula is C23H27FN2. The molecule has 1 fully saturated rings. The van der Waals surface area contributed by atoms with Crippen LogP contribution in [0.2, 0.25) is 0 Å². The summed E-state index contributed by atoms with van der Waals surface area (Å²) in [5, 5.41) is 8.87. The van der Waals surface area contributed by atoms with E-state index in [4.69, 9.17) is 5.26 Å². The zero-order chi connectivity index (χ0) is 18.5. The Morgan fingerprint density at radius 1 is 1.08 bits per heavy atom. The monoisotopic (exact) mass is 350 g/mol. The summed E-state index contributed by atoms with van der Waals surface area (Å²) in [6, 6.07) is 15.8. The van der Waals surface area contributed by atoms with Gasteiger partial charge in [0.2, 0.25) is 0 Å². The molecule has 0 saturated carbocycles. The van der Waals surface area contributed by atoms with E-state index in [1.807, 2.05) is 6.07 Å². The van der Waals surface area contributed by atoms with Gasteiger partial charge in [0.15, 0.2) is 0 Å². The average molecular weight is 350 g/mol. The molecule has 1 saturated heterocycles. The van der Waals surface area contributed by atoms with Crippen molar-refractivity contribution in [3.63, 3.8) is 0 Å². The van der Waals surface area contributed by atoms with Crippen molar-refractivity contribution in [3.8, 4) is 6.07 Å². The Kier molecular flexibility index (Phi) is 5.93. The van der Waals surface area contributed by atoms with E-state index in [1.54, 1.807) is 12.1 Å². The highest BCUT2D eigenvalue weighted by Gasteiger charge is 2.21. The second-order valence-corrected chi connectivity index (χ2v) is 7.83. The Bertz CT molecular complexity index is 766. The molecule has 1 aliphatic heterocycles. The normalized spacial score (nSPS) is 15.3. The van der Waals surface area contributed by atoms with Crippen molar-refractivity contribution in [3.05, 3.63) is 65.0 Å². The minimum Gasteiger partial charge on any atom is -0.369 e. The minimum atomic E-state index is -0.289. The van der Waals surface area contributed by atoms with Crippen molar-refractivity contribution >= 4 is 5.69 Å². The molecule has 2 aromatic rings. The van der Waals surface area contributed by atoms with Gasteiger partial charge in [0.05, 0.1) is 17.3 Å². The van der Waals surface area contributed by atoms with E-state index in [1.165, 1.54) is 17.2 Å². The second-order valence-electron chi connectivity index (χ2n) is 7.83. The predicted octanol–water partition coefficient (Wildman–Crippen LogP) is 5.35. The molecular weight excluding hydrogens is 323 g/mol. The number of rotatable bonds is 5. The summed E-state index contributed by atoms with van der Waals surface area (Å²) < 4.78 is 14.2. The van der Waals surface area contributed by atoms with E-state index in [0.717, 1.165) is 38.8 Å². The summed E-state index contributed by atoms with van der Waals surface area (Å²) in [5.74, 6) is 1.06. The fourth-order valence-corrected chi connectivity index (χ4v) is 3.83. The van der Waals surface area contributed by atoms with Gasteiger partial charge >= 0.3 is 0 Å². The van der Waals surface area contributed by atoms with Crippen LogP contribution in [0.25, 0.3) is 0 Å². The van der Waals surface area contributed by atoms with E-state index in [-0.39, 0.29) is 5.82 Å². The van der Waals surface area contributed by atoms with Crippen LogP contribution in [0.3, 0.4) is 0 Å². The van der Waals surface area contributed by atoms with E-state index >= 15 is 0 Å². The van der Waals surface area contributed by atoms with Crippen LogP contribution in [0, 0.1) is 29.0 Å². The molecule has 26 heavy (non-hydrogen) atoms. The molecule has 1 aliphatic rings. The van der Waals surface area contributed by atoms with Gasteiger partial charge < -0.3 is 4.90 Å². The third-order valence-corrected chi connectivity index (χ3v) is 5.22.